The lowest BCUT2D eigenvalue weighted by Gasteiger charge is -2.35. The first-order chi connectivity index (χ1) is 10.7. The van der Waals surface area contributed by atoms with E-state index in [2.05, 4.69) is 0 Å². The molecule has 2 saturated carbocycles. The van der Waals surface area contributed by atoms with Crippen LogP contribution in [0.25, 0.3) is 0 Å². The molecule has 1 N–H and O–H groups in total. The van der Waals surface area contributed by atoms with Crippen LogP contribution in [0.4, 0.5) is 4.39 Å². The van der Waals surface area contributed by atoms with Crippen molar-refractivity contribution in [2.45, 2.75) is 76.8 Å². The number of ketones is 1. The molecule has 0 aromatic carbocycles. The third kappa shape index (κ3) is 4.31. The molecule has 3 rings (SSSR count). The monoisotopic (exact) mass is 310 g/mol. The van der Waals surface area contributed by atoms with Crippen molar-refractivity contribution in [2.75, 3.05) is 19.6 Å². The second-order valence-electron chi connectivity index (χ2n) is 8.11. The van der Waals surface area contributed by atoms with Gasteiger partial charge < -0.3 is 4.90 Å². The molecule has 2 nitrogen and oxygen atoms in total. The third-order valence-corrected chi connectivity index (χ3v) is 6.32. The minimum absolute atomic E-state index is 0.302. The Balaban J connectivity index is 1.49. The minimum atomic E-state index is -0.567. The standard InChI is InChI=1S/C19H32FNO/c20-18-10-4-6-15(12-18)13-21-11-5-9-17(14-21)19(22)16-7-2-1-3-8-16/h15-18H,1-14H2/p+1. The van der Waals surface area contributed by atoms with E-state index in [9.17, 15) is 9.18 Å². The summed E-state index contributed by atoms with van der Waals surface area (Å²) < 4.78 is 13.6. The van der Waals surface area contributed by atoms with Crippen LogP contribution in [0.2, 0.25) is 0 Å². The van der Waals surface area contributed by atoms with Gasteiger partial charge in [-0.15, -0.1) is 0 Å². The maximum Gasteiger partial charge on any atom is 0.144 e. The van der Waals surface area contributed by atoms with E-state index in [4.69, 9.17) is 0 Å². The molecule has 1 heterocycles. The fraction of sp³-hybridized carbons (Fsp3) is 0.947. The van der Waals surface area contributed by atoms with Crippen LogP contribution >= 0.6 is 0 Å². The summed E-state index contributed by atoms with van der Waals surface area (Å²) in [6.07, 6.45) is 11.6. The highest BCUT2D eigenvalue weighted by Crippen LogP contribution is 2.28. The van der Waals surface area contributed by atoms with Gasteiger partial charge in [-0.3, -0.25) is 4.79 Å². The van der Waals surface area contributed by atoms with Crippen molar-refractivity contribution in [3.63, 3.8) is 0 Å². The van der Waals surface area contributed by atoms with Gasteiger partial charge in [-0.1, -0.05) is 25.7 Å². The van der Waals surface area contributed by atoms with E-state index in [1.54, 1.807) is 4.90 Å². The molecule has 0 radical (unpaired) electrons. The zero-order valence-electron chi connectivity index (χ0n) is 14.0. The van der Waals surface area contributed by atoms with Crippen molar-refractivity contribution in [3.8, 4) is 0 Å². The van der Waals surface area contributed by atoms with Gasteiger partial charge in [0.1, 0.15) is 12.0 Å². The summed E-state index contributed by atoms with van der Waals surface area (Å²) in [6.45, 7) is 3.33. The normalized spacial score (nSPS) is 37.9. The highest BCUT2D eigenvalue weighted by atomic mass is 19.1. The maximum atomic E-state index is 13.6. The van der Waals surface area contributed by atoms with Crippen LogP contribution in [-0.2, 0) is 4.79 Å². The van der Waals surface area contributed by atoms with E-state index >= 15 is 0 Å². The molecule has 4 atom stereocenters. The molecular weight excluding hydrogens is 277 g/mol. The molecule has 0 spiro atoms. The summed E-state index contributed by atoms with van der Waals surface area (Å²) in [4.78, 5) is 14.4. The van der Waals surface area contributed by atoms with E-state index in [1.165, 1.54) is 38.6 Å². The average molecular weight is 310 g/mol. The molecule has 2 aliphatic carbocycles. The number of quaternary nitrogens is 1. The summed E-state index contributed by atoms with van der Waals surface area (Å²) in [5, 5.41) is 0. The fourth-order valence-corrected chi connectivity index (χ4v) is 5.12. The van der Waals surface area contributed by atoms with Crippen molar-refractivity contribution in [3.05, 3.63) is 0 Å². The van der Waals surface area contributed by atoms with Gasteiger partial charge in [0, 0.05) is 11.8 Å². The van der Waals surface area contributed by atoms with Crippen LogP contribution in [0.3, 0.4) is 0 Å². The van der Waals surface area contributed by atoms with Gasteiger partial charge in [0.2, 0.25) is 0 Å². The number of rotatable bonds is 4. The molecule has 0 bridgehead atoms. The van der Waals surface area contributed by atoms with Crippen LogP contribution in [-0.4, -0.2) is 31.6 Å². The number of carbonyl (C=O) groups excluding carboxylic acids is 1. The second-order valence-corrected chi connectivity index (χ2v) is 8.11. The molecule has 22 heavy (non-hydrogen) atoms. The Morgan fingerprint density at radius 1 is 0.909 bits per heavy atom. The van der Waals surface area contributed by atoms with Crippen LogP contribution in [0, 0.1) is 17.8 Å². The summed E-state index contributed by atoms with van der Waals surface area (Å²) >= 11 is 0. The molecule has 1 saturated heterocycles. The third-order valence-electron chi connectivity index (χ3n) is 6.32. The molecule has 0 amide bonds. The lowest BCUT2D eigenvalue weighted by Crippen LogP contribution is -3.14. The first kappa shape index (κ1) is 16.4. The molecule has 126 valence electrons. The minimum Gasteiger partial charge on any atom is -0.334 e. The number of carbonyl (C=O) groups is 1. The number of Topliss-reactive ketones (excluding diaryl/α,β-unsaturated/α-hetero) is 1. The smallest absolute Gasteiger partial charge is 0.144 e. The Morgan fingerprint density at radius 2 is 1.68 bits per heavy atom. The second kappa shape index (κ2) is 7.90. The lowest BCUT2D eigenvalue weighted by molar-refractivity contribution is -0.911. The van der Waals surface area contributed by atoms with E-state index in [0.29, 0.717) is 23.5 Å². The SMILES string of the molecule is O=C(C1CCCCC1)C1CCC[NH+](CC2CCCC(F)C2)C1. The summed E-state index contributed by atoms with van der Waals surface area (Å²) in [5.74, 6) is 1.80. The molecule has 4 unspecified atom stereocenters. The Labute approximate surface area is 134 Å². The van der Waals surface area contributed by atoms with Gasteiger partial charge in [-0.25, -0.2) is 4.39 Å². The molecular formula is C19H33FNO+. The van der Waals surface area contributed by atoms with Crippen LogP contribution in [0.5, 0.6) is 0 Å². The highest BCUT2D eigenvalue weighted by molar-refractivity contribution is 5.83. The van der Waals surface area contributed by atoms with E-state index in [0.717, 1.165) is 51.6 Å². The van der Waals surface area contributed by atoms with Crippen molar-refractivity contribution in [1.82, 2.24) is 0 Å². The Kier molecular flexibility index (Phi) is 5.89. The first-order valence-corrected chi connectivity index (χ1v) is 9.73. The Bertz CT molecular complexity index is 366. The van der Waals surface area contributed by atoms with Gasteiger partial charge >= 0.3 is 0 Å². The van der Waals surface area contributed by atoms with Crippen molar-refractivity contribution in [1.29, 1.82) is 0 Å². The molecule has 3 heteroatoms. The number of likely N-dealkylation sites (tertiary alicyclic amines) is 1. The number of alkyl halides is 1. The van der Waals surface area contributed by atoms with E-state index in [1.807, 2.05) is 0 Å². The fourth-order valence-electron chi connectivity index (χ4n) is 5.12. The van der Waals surface area contributed by atoms with Gasteiger partial charge in [-0.2, -0.15) is 0 Å². The van der Waals surface area contributed by atoms with Crippen LogP contribution in [0.15, 0.2) is 0 Å². The number of hydrogen-bond donors (Lipinski definition) is 1. The molecule has 0 aromatic rings. The Hall–Kier alpha value is -0.440. The van der Waals surface area contributed by atoms with Crippen LogP contribution in [0.1, 0.15) is 70.6 Å². The zero-order chi connectivity index (χ0) is 15.4. The quantitative estimate of drug-likeness (QED) is 0.847. The topological polar surface area (TPSA) is 21.5 Å². The van der Waals surface area contributed by atoms with Gasteiger partial charge in [-0.05, 0) is 44.9 Å². The average Bonchev–Trinajstić information content (AvgIpc) is 2.55. The predicted octanol–water partition coefficient (Wildman–Crippen LogP) is 2.96. The molecule has 3 fully saturated rings. The largest absolute Gasteiger partial charge is 0.334 e. The van der Waals surface area contributed by atoms with Crippen LogP contribution < -0.4 is 4.90 Å². The van der Waals surface area contributed by atoms with E-state index < -0.39 is 6.17 Å². The van der Waals surface area contributed by atoms with Crippen molar-refractivity contribution in [2.24, 2.45) is 17.8 Å². The van der Waals surface area contributed by atoms with Gasteiger partial charge in [0.25, 0.3) is 0 Å². The number of hydrogen-bond acceptors (Lipinski definition) is 1. The van der Waals surface area contributed by atoms with Crippen molar-refractivity contribution < 1.29 is 14.1 Å². The number of piperidine rings is 1. The first-order valence-electron chi connectivity index (χ1n) is 9.73. The molecule has 3 aliphatic rings. The summed E-state index contributed by atoms with van der Waals surface area (Å²) in [5.41, 5.74) is 0. The summed E-state index contributed by atoms with van der Waals surface area (Å²) in [7, 11) is 0. The zero-order valence-corrected chi connectivity index (χ0v) is 14.0. The molecule has 0 aromatic heterocycles. The number of halogens is 1. The van der Waals surface area contributed by atoms with Gasteiger partial charge in [0.05, 0.1) is 25.6 Å². The van der Waals surface area contributed by atoms with Gasteiger partial charge in [0.15, 0.2) is 0 Å². The number of nitrogens with one attached hydrogen (secondary N) is 1. The lowest BCUT2D eigenvalue weighted by atomic mass is 9.79. The highest BCUT2D eigenvalue weighted by Gasteiger charge is 2.35. The van der Waals surface area contributed by atoms with Crippen molar-refractivity contribution >= 4 is 5.78 Å². The molecule has 1 aliphatic heterocycles. The summed E-state index contributed by atoms with van der Waals surface area (Å²) in [6, 6.07) is 0. The maximum absolute atomic E-state index is 13.6. The van der Waals surface area contributed by atoms with E-state index in [-0.39, 0.29) is 0 Å². The predicted molar refractivity (Wildman–Crippen MR) is 86.7 cm³/mol. The Morgan fingerprint density at radius 3 is 2.45 bits per heavy atom.